The van der Waals surface area contributed by atoms with Gasteiger partial charge in [0, 0.05) is 35.9 Å². The fraction of sp³-hybridized carbons (Fsp3) is 0.545. The molecule has 2 heterocycles. The van der Waals surface area contributed by atoms with Crippen LogP contribution in [0.1, 0.15) is 9.75 Å². The van der Waals surface area contributed by atoms with Crippen LogP contribution in [0, 0.1) is 6.92 Å². The molecule has 3 nitrogen and oxygen atoms in total. The molecule has 0 amide bonds. The van der Waals surface area contributed by atoms with Gasteiger partial charge >= 0.3 is 0 Å². The molecule has 1 aromatic heterocycles. The number of likely N-dealkylation sites (N-methyl/N-ethyl adjacent to an activating group) is 1. The maximum absolute atomic E-state index is 4.49. The van der Waals surface area contributed by atoms with Crippen molar-refractivity contribution in [3.05, 3.63) is 21.9 Å². The van der Waals surface area contributed by atoms with Crippen LogP contribution in [-0.2, 0) is 0 Å². The van der Waals surface area contributed by atoms with Gasteiger partial charge in [-0.25, -0.2) is 0 Å². The van der Waals surface area contributed by atoms with Gasteiger partial charge in [-0.15, -0.1) is 11.3 Å². The highest BCUT2D eigenvalue weighted by Gasteiger charge is 2.10. The highest BCUT2D eigenvalue weighted by atomic mass is 32.1. The van der Waals surface area contributed by atoms with Crippen molar-refractivity contribution in [2.45, 2.75) is 6.92 Å². The topological polar surface area (TPSA) is 18.8 Å². The zero-order valence-electron chi connectivity index (χ0n) is 9.31. The Balaban J connectivity index is 1.89. The molecule has 0 N–H and O–H groups in total. The molecule has 15 heavy (non-hydrogen) atoms. The first kappa shape index (κ1) is 10.6. The summed E-state index contributed by atoms with van der Waals surface area (Å²) in [6.07, 6.45) is 1.98. The summed E-state index contributed by atoms with van der Waals surface area (Å²) in [4.78, 5) is 4.92. The minimum Gasteiger partial charge on any atom is -0.303 e. The molecule has 4 heteroatoms. The molecule has 0 radical (unpaired) electrons. The molecule has 0 aliphatic carbocycles. The van der Waals surface area contributed by atoms with Gasteiger partial charge in [0.1, 0.15) is 0 Å². The Hall–Kier alpha value is -0.870. The average molecular weight is 223 g/mol. The fourth-order valence-electron chi connectivity index (χ4n) is 1.57. The molecule has 0 spiro atoms. The van der Waals surface area contributed by atoms with Crippen molar-refractivity contribution in [1.29, 1.82) is 0 Å². The van der Waals surface area contributed by atoms with E-state index < -0.39 is 0 Å². The molecule has 0 aromatic carbocycles. The number of aryl methyl sites for hydroxylation is 1. The van der Waals surface area contributed by atoms with E-state index in [2.05, 4.69) is 41.1 Å². The molecule has 2 rings (SSSR count). The lowest BCUT2D eigenvalue weighted by Crippen LogP contribution is -2.41. The van der Waals surface area contributed by atoms with E-state index in [0.29, 0.717) is 0 Å². The maximum atomic E-state index is 4.49. The van der Waals surface area contributed by atoms with Crippen LogP contribution in [0.5, 0.6) is 0 Å². The van der Waals surface area contributed by atoms with Crippen LogP contribution in [0.25, 0.3) is 0 Å². The third-order valence-corrected chi connectivity index (χ3v) is 3.52. The molecule has 0 bridgehead atoms. The van der Waals surface area contributed by atoms with E-state index in [1.807, 2.05) is 6.21 Å². The van der Waals surface area contributed by atoms with E-state index in [1.165, 1.54) is 9.75 Å². The standard InChI is InChI=1S/C11H17N3S/c1-10-3-4-11(15-10)9-12-14-7-5-13(2)6-8-14/h3-4,9H,5-8H2,1-2H3/b12-9+. The predicted molar refractivity (Wildman–Crippen MR) is 65.7 cm³/mol. The molecule has 0 atom stereocenters. The summed E-state index contributed by atoms with van der Waals surface area (Å²) in [5, 5.41) is 6.64. The van der Waals surface area contributed by atoms with Crippen molar-refractivity contribution in [3.63, 3.8) is 0 Å². The number of hydrazone groups is 1. The zero-order valence-corrected chi connectivity index (χ0v) is 10.1. The Morgan fingerprint density at radius 2 is 2.00 bits per heavy atom. The van der Waals surface area contributed by atoms with Crippen molar-refractivity contribution in [1.82, 2.24) is 9.91 Å². The second-order valence-electron chi connectivity index (χ2n) is 3.95. The second-order valence-corrected chi connectivity index (χ2v) is 5.27. The first-order chi connectivity index (χ1) is 7.24. The van der Waals surface area contributed by atoms with Crippen molar-refractivity contribution in [2.24, 2.45) is 5.10 Å². The van der Waals surface area contributed by atoms with Crippen molar-refractivity contribution in [3.8, 4) is 0 Å². The number of nitrogens with zero attached hydrogens (tertiary/aromatic N) is 3. The number of hydrogen-bond acceptors (Lipinski definition) is 4. The molecule has 0 unspecified atom stereocenters. The Morgan fingerprint density at radius 3 is 2.60 bits per heavy atom. The largest absolute Gasteiger partial charge is 0.303 e. The van der Waals surface area contributed by atoms with Gasteiger partial charge in [0.25, 0.3) is 0 Å². The zero-order chi connectivity index (χ0) is 10.7. The van der Waals surface area contributed by atoms with E-state index in [4.69, 9.17) is 0 Å². The minimum atomic E-state index is 1.04. The number of hydrogen-bond donors (Lipinski definition) is 0. The van der Waals surface area contributed by atoms with Gasteiger partial charge in [-0.2, -0.15) is 5.10 Å². The first-order valence-corrected chi connectivity index (χ1v) is 6.09. The maximum Gasteiger partial charge on any atom is 0.0642 e. The van der Waals surface area contributed by atoms with Crippen LogP contribution in [-0.4, -0.2) is 49.4 Å². The van der Waals surface area contributed by atoms with Crippen molar-refractivity contribution >= 4 is 17.6 Å². The van der Waals surface area contributed by atoms with E-state index in [-0.39, 0.29) is 0 Å². The van der Waals surface area contributed by atoms with Gasteiger partial charge in [-0.3, -0.25) is 5.01 Å². The Bertz CT molecular complexity index is 337. The Kier molecular flexibility index (Phi) is 3.38. The third kappa shape index (κ3) is 3.04. The van der Waals surface area contributed by atoms with E-state index >= 15 is 0 Å². The van der Waals surface area contributed by atoms with Gasteiger partial charge in [-0.1, -0.05) is 0 Å². The predicted octanol–water partition coefficient (Wildman–Crippen LogP) is 1.64. The molecular formula is C11H17N3S. The normalized spacial score (nSPS) is 18.9. The third-order valence-electron chi connectivity index (χ3n) is 2.59. The lowest BCUT2D eigenvalue weighted by molar-refractivity contribution is 0.159. The van der Waals surface area contributed by atoms with Gasteiger partial charge in [0.15, 0.2) is 0 Å². The highest BCUT2D eigenvalue weighted by Crippen LogP contribution is 2.12. The number of thiophene rings is 1. The van der Waals surface area contributed by atoms with Gasteiger partial charge in [-0.05, 0) is 26.1 Å². The van der Waals surface area contributed by atoms with Gasteiger partial charge < -0.3 is 4.90 Å². The molecule has 1 aliphatic rings. The quantitative estimate of drug-likeness (QED) is 0.710. The smallest absolute Gasteiger partial charge is 0.0642 e. The molecule has 1 fully saturated rings. The Labute approximate surface area is 95.0 Å². The van der Waals surface area contributed by atoms with Crippen LogP contribution in [0.4, 0.5) is 0 Å². The average Bonchev–Trinajstić information content (AvgIpc) is 2.64. The Morgan fingerprint density at radius 1 is 1.27 bits per heavy atom. The summed E-state index contributed by atoms with van der Waals surface area (Å²) in [5.41, 5.74) is 0. The SMILES string of the molecule is Cc1ccc(/C=N/N2CCN(C)CC2)s1. The minimum absolute atomic E-state index is 1.04. The molecule has 1 aromatic rings. The monoisotopic (exact) mass is 223 g/mol. The lowest BCUT2D eigenvalue weighted by Gasteiger charge is -2.30. The number of rotatable bonds is 2. The van der Waals surface area contributed by atoms with E-state index in [1.54, 1.807) is 11.3 Å². The highest BCUT2D eigenvalue weighted by molar-refractivity contribution is 7.13. The van der Waals surface area contributed by atoms with Crippen LogP contribution >= 0.6 is 11.3 Å². The molecule has 1 aliphatic heterocycles. The summed E-state index contributed by atoms with van der Waals surface area (Å²) >= 11 is 1.79. The molecular weight excluding hydrogens is 206 g/mol. The summed E-state index contributed by atoms with van der Waals surface area (Å²) in [7, 11) is 2.16. The molecule has 0 saturated carbocycles. The van der Waals surface area contributed by atoms with E-state index in [0.717, 1.165) is 26.2 Å². The first-order valence-electron chi connectivity index (χ1n) is 5.28. The second kappa shape index (κ2) is 4.77. The van der Waals surface area contributed by atoms with Crippen LogP contribution in [0.15, 0.2) is 17.2 Å². The van der Waals surface area contributed by atoms with Crippen LogP contribution in [0.2, 0.25) is 0 Å². The van der Waals surface area contributed by atoms with Gasteiger partial charge in [0.2, 0.25) is 0 Å². The molecule has 1 saturated heterocycles. The van der Waals surface area contributed by atoms with Crippen LogP contribution in [0.3, 0.4) is 0 Å². The summed E-state index contributed by atoms with van der Waals surface area (Å²) in [5.74, 6) is 0. The van der Waals surface area contributed by atoms with E-state index in [9.17, 15) is 0 Å². The van der Waals surface area contributed by atoms with Crippen LogP contribution < -0.4 is 0 Å². The summed E-state index contributed by atoms with van der Waals surface area (Å²) in [6, 6.07) is 4.26. The summed E-state index contributed by atoms with van der Waals surface area (Å²) < 4.78 is 0. The van der Waals surface area contributed by atoms with Gasteiger partial charge in [0.05, 0.1) is 6.21 Å². The van der Waals surface area contributed by atoms with Crippen molar-refractivity contribution in [2.75, 3.05) is 33.2 Å². The lowest BCUT2D eigenvalue weighted by atomic mass is 10.4. The fourth-order valence-corrected chi connectivity index (χ4v) is 2.32. The molecule has 82 valence electrons. The van der Waals surface area contributed by atoms with Crippen molar-refractivity contribution < 1.29 is 0 Å². The summed E-state index contributed by atoms with van der Waals surface area (Å²) in [6.45, 7) is 6.42. The number of piperazine rings is 1.